The van der Waals surface area contributed by atoms with Gasteiger partial charge in [0.1, 0.15) is 37.9 Å². The lowest BCUT2D eigenvalue weighted by molar-refractivity contribution is -0.139. The van der Waals surface area contributed by atoms with Gasteiger partial charge in [0.05, 0.1) is 0 Å². The lowest BCUT2D eigenvalue weighted by atomic mass is 10.2. The third-order valence-electron chi connectivity index (χ3n) is 3.56. The number of benzene rings is 2. The van der Waals surface area contributed by atoms with Crippen LogP contribution in [-0.2, 0) is 32.3 Å². The van der Waals surface area contributed by atoms with E-state index in [2.05, 4.69) is 13.2 Å². The molecule has 2 rings (SSSR count). The number of esters is 2. The van der Waals surface area contributed by atoms with E-state index in [1.54, 1.807) is 24.3 Å². The summed E-state index contributed by atoms with van der Waals surface area (Å²) in [5.74, 6) is 0.482. The molecule has 0 aliphatic heterocycles. The van der Waals surface area contributed by atoms with Crippen molar-refractivity contribution in [2.24, 2.45) is 0 Å². The molecule has 0 fully saturated rings. The molecular weight excluding hydrogens is 360 g/mol. The summed E-state index contributed by atoms with van der Waals surface area (Å²) in [5, 5.41) is 0. The number of carbonyl (C=O) groups is 2. The molecule has 0 aliphatic carbocycles. The van der Waals surface area contributed by atoms with Crippen LogP contribution in [0.3, 0.4) is 0 Å². The summed E-state index contributed by atoms with van der Waals surface area (Å²) in [4.78, 5) is 22.1. The van der Waals surface area contributed by atoms with Gasteiger partial charge in [0.25, 0.3) is 0 Å². The summed E-state index contributed by atoms with van der Waals surface area (Å²) in [5.41, 5.74) is 1.72. The van der Waals surface area contributed by atoms with Crippen molar-refractivity contribution in [2.75, 3.05) is 13.2 Å². The van der Waals surface area contributed by atoms with E-state index in [0.717, 1.165) is 23.3 Å². The lowest BCUT2D eigenvalue weighted by Gasteiger charge is -2.10. The van der Waals surface area contributed by atoms with E-state index in [1.165, 1.54) is 0 Å². The van der Waals surface area contributed by atoms with Crippen LogP contribution in [0.2, 0.25) is 0 Å². The van der Waals surface area contributed by atoms with E-state index >= 15 is 0 Å². The zero-order chi connectivity index (χ0) is 20.2. The monoisotopic (exact) mass is 382 g/mol. The molecule has 2 aromatic rings. The van der Waals surface area contributed by atoms with Crippen molar-refractivity contribution in [1.29, 1.82) is 0 Å². The zero-order valence-corrected chi connectivity index (χ0v) is 15.5. The van der Waals surface area contributed by atoms with Crippen molar-refractivity contribution in [2.45, 2.75) is 13.2 Å². The highest BCUT2D eigenvalue weighted by Gasteiger charge is 2.01. The van der Waals surface area contributed by atoms with Crippen molar-refractivity contribution in [3.8, 4) is 11.5 Å². The first-order chi connectivity index (χ1) is 13.6. The third-order valence-corrected chi connectivity index (χ3v) is 3.56. The average molecular weight is 382 g/mol. The van der Waals surface area contributed by atoms with Gasteiger partial charge in [-0.25, -0.2) is 9.59 Å². The molecule has 0 amide bonds. The molecule has 6 nitrogen and oxygen atoms in total. The first-order valence-electron chi connectivity index (χ1n) is 8.62. The molecule has 146 valence electrons. The van der Waals surface area contributed by atoms with Crippen LogP contribution in [0.1, 0.15) is 11.1 Å². The van der Waals surface area contributed by atoms with Crippen molar-refractivity contribution in [3.63, 3.8) is 0 Å². The maximum Gasteiger partial charge on any atom is 0.330 e. The molecule has 28 heavy (non-hydrogen) atoms. The van der Waals surface area contributed by atoms with Gasteiger partial charge >= 0.3 is 11.9 Å². The van der Waals surface area contributed by atoms with Gasteiger partial charge in [-0.2, -0.15) is 0 Å². The van der Waals surface area contributed by atoms with Gasteiger partial charge in [-0.1, -0.05) is 37.4 Å². The first-order valence-corrected chi connectivity index (χ1v) is 8.62. The topological polar surface area (TPSA) is 71.1 Å². The zero-order valence-electron chi connectivity index (χ0n) is 15.5. The van der Waals surface area contributed by atoms with Gasteiger partial charge in [0.15, 0.2) is 0 Å². The molecule has 0 radical (unpaired) electrons. The third kappa shape index (κ3) is 7.37. The highest BCUT2D eigenvalue weighted by atomic mass is 16.5. The number of hydrogen-bond acceptors (Lipinski definition) is 6. The molecule has 0 N–H and O–H groups in total. The fourth-order valence-electron chi connectivity index (χ4n) is 2.11. The molecule has 0 aliphatic rings. The number of ether oxygens (including phenoxy) is 4. The van der Waals surface area contributed by atoms with Crippen LogP contribution < -0.4 is 9.47 Å². The highest BCUT2D eigenvalue weighted by molar-refractivity contribution is 5.81. The van der Waals surface area contributed by atoms with Crippen molar-refractivity contribution >= 4 is 11.9 Å². The van der Waals surface area contributed by atoms with E-state index in [0.29, 0.717) is 24.7 Å². The van der Waals surface area contributed by atoms with Crippen LogP contribution in [0, 0.1) is 0 Å². The summed E-state index contributed by atoms with van der Waals surface area (Å²) in [6.07, 6.45) is 2.26. The van der Waals surface area contributed by atoms with E-state index in [4.69, 9.17) is 18.9 Å². The van der Waals surface area contributed by atoms with E-state index < -0.39 is 11.9 Å². The maximum absolute atomic E-state index is 11.0. The van der Waals surface area contributed by atoms with E-state index in [-0.39, 0.29) is 13.2 Å². The van der Waals surface area contributed by atoms with Gasteiger partial charge in [0, 0.05) is 12.2 Å². The molecule has 0 aromatic heterocycles. The Balaban J connectivity index is 1.68. The molecule has 0 heterocycles. The largest absolute Gasteiger partial charge is 0.490 e. The fourth-order valence-corrected chi connectivity index (χ4v) is 2.11. The molecule has 0 saturated heterocycles. The molecule has 6 heteroatoms. The van der Waals surface area contributed by atoms with Crippen molar-refractivity contribution in [3.05, 3.63) is 85.0 Å². The molecule has 0 saturated carbocycles. The Kier molecular flexibility index (Phi) is 8.33. The van der Waals surface area contributed by atoms with E-state index in [9.17, 15) is 9.59 Å². The Morgan fingerprint density at radius 3 is 1.36 bits per heavy atom. The summed E-state index contributed by atoms with van der Waals surface area (Å²) < 4.78 is 21.1. The van der Waals surface area contributed by atoms with Crippen LogP contribution in [0.5, 0.6) is 11.5 Å². The Morgan fingerprint density at radius 1 is 0.679 bits per heavy atom. The van der Waals surface area contributed by atoms with Gasteiger partial charge in [0.2, 0.25) is 0 Å². The van der Waals surface area contributed by atoms with Crippen LogP contribution in [-0.4, -0.2) is 25.2 Å². The first kappa shape index (κ1) is 20.8. The summed E-state index contributed by atoms with van der Waals surface area (Å²) in [7, 11) is 0. The van der Waals surface area contributed by atoms with Gasteiger partial charge in [-0.15, -0.1) is 0 Å². The fraction of sp³-hybridized carbons (Fsp3) is 0.182. The summed E-state index contributed by atoms with van der Waals surface area (Å²) >= 11 is 0. The predicted molar refractivity (Wildman–Crippen MR) is 104 cm³/mol. The molecule has 0 atom stereocenters. The summed E-state index contributed by atoms with van der Waals surface area (Å²) in [6, 6.07) is 14.5. The second-order valence-electron chi connectivity index (χ2n) is 5.61. The Bertz CT molecular complexity index is 723. The van der Waals surface area contributed by atoms with Crippen LogP contribution in [0.25, 0.3) is 0 Å². The molecule has 2 aromatic carbocycles. The number of hydrogen-bond donors (Lipinski definition) is 0. The summed E-state index contributed by atoms with van der Waals surface area (Å²) in [6.45, 7) is 7.83. The average Bonchev–Trinajstić information content (AvgIpc) is 2.74. The maximum atomic E-state index is 11.0. The van der Waals surface area contributed by atoms with Gasteiger partial charge < -0.3 is 18.9 Å². The quantitative estimate of drug-likeness (QED) is 0.336. The molecular formula is C22H22O6. The second-order valence-corrected chi connectivity index (χ2v) is 5.61. The minimum Gasteiger partial charge on any atom is -0.490 e. The predicted octanol–water partition coefficient (Wildman–Crippen LogP) is 3.60. The van der Waals surface area contributed by atoms with Crippen molar-refractivity contribution in [1.82, 2.24) is 0 Å². The van der Waals surface area contributed by atoms with Gasteiger partial charge in [-0.05, 0) is 35.4 Å². The Hall–Kier alpha value is -3.54. The Morgan fingerprint density at radius 2 is 1.04 bits per heavy atom. The van der Waals surface area contributed by atoms with Crippen LogP contribution >= 0.6 is 0 Å². The van der Waals surface area contributed by atoms with Crippen molar-refractivity contribution < 1.29 is 28.5 Å². The smallest absolute Gasteiger partial charge is 0.330 e. The molecule has 0 bridgehead atoms. The van der Waals surface area contributed by atoms with Crippen LogP contribution in [0.15, 0.2) is 73.8 Å². The molecule has 0 unspecified atom stereocenters. The number of carbonyl (C=O) groups excluding carboxylic acids is 2. The standard InChI is InChI=1S/C22H22O6/c1-3-21(23)27-15-17-5-9-19(10-6-17)25-13-14-26-20-11-7-18(8-12-20)16-28-22(24)4-2/h3-12H,1-2,13-16H2. The highest BCUT2D eigenvalue weighted by Crippen LogP contribution is 2.15. The van der Waals surface area contributed by atoms with Gasteiger partial charge in [-0.3, -0.25) is 0 Å². The minimum absolute atomic E-state index is 0.191. The van der Waals surface area contributed by atoms with Crippen LogP contribution in [0.4, 0.5) is 0 Å². The Labute approximate surface area is 164 Å². The lowest BCUT2D eigenvalue weighted by Crippen LogP contribution is -2.09. The van der Waals surface area contributed by atoms with E-state index in [1.807, 2.05) is 24.3 Å². The minimum atomic E-state index is -0.455. The normalized spacial score (nSPS) is 9.86. The SMILES string of the molecule is C=CC(=O)OCc1ccc(OCCOc2ccc(COC(=O)C=C)cc2)cc1. The number of rotatable bonds is 11. The second kappa shape index (κ2) is 11.2. The molecule has 0 spiro atoms.